The van der Waals surface area contributed by atoms with E-state index in [0.717, 1.165) is 11.1 Å². The van der Waals surface area contributed by atoms with Crippen LogP contribution in [0.1, 0.15) is 11.5 Å². The maximum atomic E-state index is 12.7. The van der Waals surface area contributed by atoms with Gasteiger partial charge in [-0.3, -0.25) is 0 Å². The Morgan fingerprint density at radius 2 is 1.81 bits per heavy atom. The van der Waals surface area contributed by atoms with Crippen LogP contribution in [0.25, 0.3) is 11.4 Å². The highest BCUT2D eigenvalue weighted by molar-refractivity contribution is 7.89. The monoisotopic (exact) mass is 373 g/mol. The third kappa shape index (κ3) is 3.61. The van der Waals surface area contributed by atoms with Gasteiger partial charge < -0.3 is 9.26 Å². The van der Waals surface area contributed by atoms with Gasteiger partial charge in [-0.1, -0.05) is 29.4 Å². The van der Waals surface area contributed by atoms with Gasteiger partial charge in [-0.05, 0) is 36.8 Å². The first-order valence-electron chi connectivity index (χ1n) is 7.91. The number of rotatable bonds is 6. The first kappa shape index (κ1) is 18.1. The lowest BCUT2D eigenvalue weighted by atomic mass is 10.1. The lowest BCUT2D eigenvalue weighted by Gasteiger charge is -2.15. The summed E-state index contributed by atoms with van der Waals surface area (Å²) in [6, 6.07) is 13.9. The molecule has 136 valence electrons. The molecule has 2 aromatic carbocycles. The SMILES string of the molecule is COc1ccc(S(=O)(=O)N(C)Cc2nc(-c3ccccc3C)no2)cc1. The number of benzene rings is 2. The molecule has 7 nitrogen and oxygen atoms in total. The second-order valence-corrected chi connectivity index (χ2v) is 7.81. The first-order chi connectivity index (χ1) is 12.4. The van der Waals surface area contributed by atoms with Crippen LogP contribution in [0, 0.1) is 6.92 Å². The molecule has 8 heteroatoms. The third-order valence-electron chi connectivity index (χ3n) is 3.98. The zero-order valence-electron chi connectivity index (χ0n) is 14.7. The second kappa shape index (κ2) is 7.27. The van der Waals surface area contributed by atoms with Gasteiger partial charge in [0, 0.05) is 12.6 Å². The molecule has 0 amide bonds. The van der Waals surface area contributed by atoms with Crippen molar-refractivity contribution >= 4 is 10.0 Å². The van der Waals surface area contributed by atoms with Gasteiger partial charge in [0.1, 0.15) is 5.75 Å². The van der Waals surface area contributed by atoms with Crippen molar-refractivity contribution in [2.75, 3.05) is 14.2 Å². The van der Waals surface area contributed by atoms with Crippen LogP contribution in [-0.4, -0.2) is 37.0 Å². The number of aromatic nitrogens is 2. The van der Waals surface area contributed by atoms with E-state index >= 15 is 0 Å². The van der Waals surface area contributed by atoms with Crippen LogP contribution in [-0.2, 0) is 16.6 Å². The summed E-state index contributed by atoms with van der Waals surface area (Å²) in [4.78, 5) is 4.48. The molecular formula is C18H19N3O4S. The van der Waals surface area contributed by atoms with Crippen molar-refractivity contribution in [3.63, 3.8) is 0 Å². The van der Waals surface area contributed by atoms with E-state index in [1.165, 1.54) is 30.6 Å². The van der Waals surface area contributed by atoms with Gasteiger partial charge in [0.05, 0.1) is 18.6 Å². The van der Waals surface area contributed by atoms with Gasteiger partial charge in [-0.15, -0.1) is 0 Å². The van der Waals surface area contributed by atoms with Crippen LogP contribution in [0.5, 0.6) is 5.75 Å². The number of nitrogens with zero attached hydrogens (tertiary/aromatic N) is 3. The zero-order valence-corrected chi connectivity index (χ0v) is 15.5. The lowest BCUT2D eigenvalue weighted by molar-refractivity contribution is 0.336. The average molecular weight is 373 g/mol. The topological polar surface area (TPSA) is 85.5 Å². The van der Waals surface area contributed by atoms with Crippen molar-refractivity contribution in [2.24, 2.45) is 0 Å². The van der Waals surface area contributed by atoms with E-state index in [9.17, 15) is 8.42 Å². The van der Waals surface area contributed by atoms with Gasteiger partial charge in [0.15, 0.2) is 0 Å². The summed E-state index contributed by atoms with van der Waals surface area (Å²) in [5.74, 6) is 1.25. The van der Waals surface area contributed by atoms with Crippen LogP contribution in [0.2, 0.25) is 0 Å². The summed E-state index contributed by atoms with van der Waals surface area (Å²) < 4.78 is 36.8. The van der Waals surface area contributed by atoms with Crippen molar-refractivity contribution in [3.8, 4) is 17.1 Å². The highest BCUT2D eigenvalue weighted by Gasteiger charge is 2.23. The summed E-state index contributed by atoms with van der Waals surface area (Å²) in [6.45, 7) is 1.93. The molecule has 0 unspecified atom stereocenters. The van der Waals surface area contributed by atoms with Crippen molar-refractivity contribution in [2.45, 2.75) is 18.4 Å². The fraction of sp³-hybridized carbons (Fsp3) is 0.222. The standard InChI is InChI=1S/C18H19N3O4S/c1-13-6-4-5-7-16(13)18-19-17(25-20-18)12-21(2)26(22,23)15-10-8-14(24-3)9-11-15/h4-11H,12H2,1-3H3. The number of hydrogen-bond donors (Lipinski definition) is 0. The zero-order chi connectivity index (χ0) is 18.7. The molecule has 0 saturated heterocycles. The minimum atomic E-state index is -3.68. The Kier molecular flexibility index (Phi) is 5.06. The molecule has 0 saturated carbocycles. The molecule has 0 atom stereocenters. The summed E-state index contributed by atoms with van der Waals surface area (Å²) >= 11 is 0. The predicted octanol–water partition coefficient (Wildman–Crippen LogP) is 2.87. The molecule has 1 heterocycles. The summed E-state index contributed by atoms with van der Waals surface area (Å²) in [5.41, 5.74) is 1.86. The minimum Gasteiger partial charge on any atom is -0.497 e. The number of ether oxygens (including phenoxy) is 1. The molecule has 3 rings (SSSR count). The van der Waals surface area contributed by atoms with Gasteiger partial charge in [-0.25, -0.2) is 8.42 Å². The van der Waals surface area contributed by atoms with E-state index in [1.807, 2.05) is 31.2 Å². The van der Waals surface area contributed by atoms with E-state index in [0.29, 0.717) is 11.6 Å². The van der Waals surface area contributed by atoms with E-state index in [1.54, 1.807) is 12.1 Å². The third-order valence-corrected chi connectivity index (χ3v) is 5.80. The largest absolute Gasteiger partial charge is 0.497 e. The van der Waals surface area contributed by atoms with E-state index in [2.05, 4.69) is 10.1 Å². The molecule has 0 bridgehead atoms. The first-order valence-corrected chi connectivity index (χ1v) is 9.35. The van der Waals surface area contributed by atoms with E-state index in [4.69, 9.17) is 9.26 Å². The molecule has 0 N–H and O–H groups in total. The van der Waals surface area contributed by atoms with Gasteiger partial charge >= 0.3 is 0 Å². The minimum absolute atomic E-state index is 0.0206. The van der Waals surface area contributed by atoms with E-state index < -0.39 is 10.0 Å². The number of hydrogen-bond acceptors (Lipinski definition) is 6. The normalized spacial score (nSPS) is 11.7. The predicted molar refractivity (Wildman–Crippen MR) is 96.1 cm³/mol. The highest BCUT2D eigenvalue weighted by atomic mass is 32.2. The van der Waals surface area contributed by atoms with Crippen molar-refractivity contribution in [3.05, 3.63) is 60.0 Å². The Hall–Kier alpha value is -2.71. The lowest BCUT2D eigenvalue weighted by Crippen LogP contribution is -2.26. The van der Waals surface area contributed by atoms with Gasteiger partial charge in [0.25, 0.3) is 0 Å². The van der Waals surface area contributed by atoms with Crippen LogP contribution >= 0.6 is 0 Å². The molecule has 3 aromatic rings. The fourth-order valence-corrected chi connectivity index (χ4v) is 3.58. The molecule has 0 fully saturated rings. The maximum absolute atomic E-state index is 12.7. The smallest absolute Gasteiger partial charge is 0.243 e. The highest BCUT2D eigenvalue weighted by Crippen LogP contribution is 2.22. The molecular weight excluding hydrogens is 354 g/mol. The van der Waals surface area contributed by atoms with Crippen LogP contribution < -0.4 is 4.74 Å². The molecule has 0 aliphatic carbocycles. The quantitative estimate of drug-likeness (QED) is 0.660. The average Bonchev–Trinajstić information content (AvgIpc) is 3.10. The second-order valence-electron chi connectivity index (χ2n) is 5.76. The summed E-state index contributed by atoms with van der Waals surface area (Å²) in [6.07, 6.45) is 0. The molecule has 26 heavy (non-hydrogen) atoms. The Balaban J connectivity index is 1.79. The molecule has 0 spiro atoms. The molecule has 0 aliphatic rings. The molecule has 0 radical (unpaired) electrons. The maximum Gasteiger partial charge on any atom is 0.243 e. The van der Waals surface area contributed by atoms with Crippen LogP contribution in [0.15, 0.2) is 57.9 Å². The van der Waals surface area contributed by atoms with Crippen LogP contribution in [0.4, 0.5) is 0 Å². The summed E-state index contributed by atoms with van der Waals surface area (Å²) in [5, 5.41) is 3.95. The molecule has 1 aromatic heterocycles. The number of aryl methyl sites for hydroxylation is 1. The Morgan fingerprint density at radius 3 is 2.46 bits per heavy atom. The van der Waals surface area contributed by atoms with Crippen molar-refractivity contribution in [1.29, 1.82) is 0 Å². The Morgan fingerprint density at radius 1 is 1.12 bits per heavy atom. The Labute approximate surface area is 152 Å². The number of methoxy groups -OCH3 is 1. The molecule has 0 aliphatic heterocycles. The van der Waals surface area contributed by atoms with Crippen LogP contribution in [0.3, 0.4) is 0 Å². The Bertz CT molecular complexity index is 997. The van der Waals surface area contributed by atoms with Crippen molar-refractivity contribution in [1.82, 2.24) is 14.4 Å². The van der Waals surface area contributed by atoms with E-state index in [-0.39, 0.29) is 17.3 Å². The number of sulfonamides is 1. The summed E-state index contributed by atoms with van der Waals surface area (Å²) in [7, 11) is -0.681. The van der Waals surface area contributed by atoms with Gasteiger partial charge in [0.2, 0.25) is 21.7 Å². The van der Waals surface area contributed by atoms with Gasteiger partial charge in [-0.2, -0.15) is 9.29 Å². The fourth-order valence-electron chi connectivity index (χ4n) is 2.46. The van der Waals surface area contributed by atoms with Crippen molar-refractivity contribution < 1.29 is 17.7 Å².